The number of carboxylic acid groups (broad SMARTS) is 1. The molecule has 1 aromatic carbocycles. The number of cyclic esters (lactones) is 1. The van der Waals surface area contributed by atoms with Gasteiger partial charge in [0.2, 0.25) is 0 Å². The standard InChI is InChI=1S/C38H56BrNO9.CH2O2/c1-9-30(46-8)25(4)34-35(49-34)36(40-22-27-13-15-28(39)16-14-27)38(7,45)19-10-11-23(2)33-24(3)12-17-31(47-26(5)41)37(6,44)20-18-29(42)21-32(43)48-33;2-1-3/h10-17,19,24-25,29-31,33-36,40,42,44-45H,9,18,20-22H2,1-8H3;1H,(H,2,3)/b17-12+,19-10+,23-11+;/t24-,25+,29+,30-,31-,33?,34+,35-,36?,37+,38?;/m0./s1. The van der Waals surface area contributed by atoms with E-state index in [1.54, 1.807) is 51.3 Å². The molecule has 0 bridgehead atoms. The molecule has 3 rings (SSSR count). The fraction of sp³-hybridized carbons (Fsp3) is 0.615. The van der Waals surface area contributed by atoms with Gasteiger partial charge in [-0.15, -0.1) is 0 Å². The zero-order valence-corrected chi connectivity index (χ0v) is 33.1. The number of aliphatic hydroxyl groups excluding tert-OH is 1. The molecule has 2 aliphatic rings. The average molecular weight is 797 g/mol. The van der Waals surface area contributed by atoms with Crippen molar-refractivity contribution in [2.75, 3.05) is 7.11 Å². The van der Waals surface area contributed by atoms with Crippen LogP contribution in [0.5, 0.6) is 0 Å². The van der Waals surface area contributed by atoms with Gasteiger partial charge in [-0.3, -0.25) is 14.4 Å². The molecule has 11 atom stereocenters. The summed E-state index contributed by atoms with van der Waals surface area (Å²) in [5, 5.41) is 43.9. The summed E-state index contributed by atoms with van der Waals surface area (Å²) in [6.45, 7) is 12.7. The summed E-state index contributed by atoms with van der Waals surface area (Å²) in [7, 11) is 1.71. The first kappa shape index (κ1) is 45.2. The van der Waals surface area contributed by atoms with Gasteiger partial charge in [0.25, 0.3) is 6.47 Å². The van der Waals surface area contributed by atoms with E-state index in [-0.39, 0.29) is 55.9 Å². The van der Waals surface area contributed by atoms with Crippen LogP contribution < -0.4 is 5.32 Å². The van der Waals surface area contributed by atoms with Gasteiger partial charge in [-0.05, 0) is 69.4 Å². The lowest BCUT2D eigenvalue weighted by Gasteiger charge is -2.32. The predicted octanol–water partition coefficient (Wildman–Crippen LogP) is 5.02. The van der Waals surface area contributed by atoms with Crippen LogP contribution in [0.25, 0.3) is 0 Å². The largest absolute Gasteiger partial charge is 0.483 e. The second-order valence-corrected chi connectivity index (χ2v) is 15.0. The number of methoxy groups -OCH3 is 1. The van der Waals surface area contributed by atoms with Gasteiger partial charge in [-0.2, -0.15) is 0 Å². The Morgan fingerprint density at radius 2 is 1.85 bits per heavy atom. The molecule has 0 aliphatic carbocycles. The highest BCUT2D eigenvalue weighted by atomic mass is 79.9. The minimum absolute atomic E-state index is 0.0365. The Hall–Kier alpha value is -2.91. The molecule has 1 saturated heterocycles. The fourth-order valence-electron chi connectivity index (χ4n) is 6.50. The SMILES string of the molecule is CC[C@H](OC)[C@@H](C)[C@H]1O[C@@H]1C(NCc1ccc(Br)cc1)C(C)(O)/C=C/C=C(\C)C1OC(=O)C[C@H](O)CC[C@@](C)(O)[C@@H](OC(C)=O)/C=C/[C@@H]1C.O=CO. The number of nitrogens with one attached hydrogen (secondary N) is 1. The highest BCUT2D eigenvalue weighted by molar-refractivity contribution is 9.10. The molecule has 1 aromatic rings. The third-order valence-electron chi connectivity index (χ3n) is 9.63. The summed E-state index contributed by atoms with van der Waals surface area (Å²) in [4.78, 5) is 33.1. The second-order valence-electron chi connectivity index (χ2n) is 14.1. The van der Waals surface area contributed by atoms with Crippen molar-refractivity contribution in [1.82, 2.24) is 5.32 Å². The number of benzene rings is 1. The van der Waals surface area contributed by atoms with Crippen molar-refractivity contribution in [3.63, 3.8) is 0 Å². The van der Waals surface area contributed by atoms with E-state index in [9.17, 15) is 24.9 Å². The van der Waals surface area contributed by atoms with Crippen molar-refractivity contribution in [3.05, 3.63) is 70.3 Å². The van der Waals surface area contributed by atoms with Crippen LogP contribution in [0.1, 0.15) is 79.7 Å². The normalized spacial score (nSPS) is 30.5. The molecular weight excluding hydrogens is 738 g/mol. The molecule has 0 spiro atoms. The Morgan fingerprint density at radius 1 is 1.21 bits per heavy atom. The quantitative estimate of drug-likeness (QED) is 0.0592. The lowest BCUT2D eigenvalue weighted by Crippen LogP contribution is -2.52. The summed E-state index contributed by atoms with van der Waals surface area (Å²) < 4.78 is 24.1. The Kier molecular flexibility index (Phi) is 18.4. The molecule has 13 heteroatoms. The van der Waals surface area contributed by atoms with Crippen LogP contribution >= 0.6 is 15.9 Å². The number of carbonyl (C=O) groups is 3. The molecule has 12 nitrogen and oxygen atoms in total. The highest BCUT2D eigenvalue weighted by Gasteiger charge is 2.54. The Labute approximate surface area is 316 Å². The van der Waals surface area contributed by atoms with E-state index in [0.29, 0.717) is 12.1 Å². The van der Waals surface area contributed by atoms with Crippen molar-refractivity contribution in [2.45, 2.75) is 135 Å². The van der Waals surface area contributed by atoms with E-state index in [4.69, 9.17) is 28.8 Å². The number of ether oxygens (including phenoxy) is 4. The number of hydrogen-bond donors (Lipinski definition) is 5. The molecule has 3 unspecified atom stereocenters. The Balaban J connectivity index is 0.00000301. The molecule has 292 valence electrons. The van der Waals surface area contributed by atoms with Crippen LogP contribution in [0.15, 0.2) is 64.7 Å². The van der Waals surface area contributed by atoms with Gasteiger partial charge < -0.3 is 44.7 Å². The third kappa shape index (κ3) is 14.1. The maximum Gasteiger partial charge on any atom is 0.309 e. The first-order valence-corrected chi connectivity index (χ1v) is 18.5. The minimum Gasteiger partial charge on any atom is -0.483 e. The zero-order chi connectivity index (χ0) is 39.2. The van der Waals surface area contributed by atoms with Gasteiger partial charge in [0, 0.05) is 36.9 Å². The second kappa shape index (κ2) is 21.1. The molecule has 1 fully saturated rings. The van der Waals surface area contributed by atoms with Crippen molar-refractivity contribution in [1.29, 1.82) is 0 Å². The van der Waals surface area contributed by atoms with E-state index in [1.165, 1.54) is 6.92 Å². The molecule has 2 heterocycles. The fourth-order valence-corrected chi connectivity index (χ4v) is 6.76. The van der Waals surface area contributed by atoms with E-state index in [2.05, 4.69) is 35.1 Å². The number of allylic oxidation sites excluding steroid dienone is 2. The van der Waals surface area contributed by atoms with Crippen molar-refractivity contribution in [3.8, 4) is 0 Å². The van der Waals surface area contributed by atoms with Gasteiger partial charge in [0.05, 0.1) is 36.4 Å². The van der Waals surface area contributed by atoms with Crippen LogP contribution in [-0.4, -0.2) is 99.8 Å². The number of carbonyl (C=O) groups excluding carboxylic acids is 2. The van der Waals surface area contributed by atoms with Crippen molar-refractivity contribution >= 4 is 34.3 Å². The van der Waals surface area contributed by atoms with Crippen LogP contribution in [0.4, 0.5) is 0 Å². The molecular formula is C39H58BrNO11. The summed E-state index contributed by atoms with van der Waals surface area (Å²) in [5.41, 5.74) is -1.03. The lowest BCUT2D eigenvalue weighted by molar-refractivity contribution is -0.157. The third-order valence-corrected chi connectivity index (χ3v) is 10.2. The van der Waals surface area contributed by atoms with Gasteiger partial charge in [-0.25, -0.2) is 0 Å². The summed E-state index contributed by atoms with van der Waals surface area (Å²) in [6.07, 6.45) is 6.44. The zero-order valence-electron chi connectivity index (χ0n) is 31.5. The van der Waals surface area contributed by atoms with Gasteiger partial charge in [0.1, 0.15) is 23.9 Å². The molecule has 5 N–H and O–H groups in total. The lowest BCUT2D eigenvalue weighted by atomic mass is 9.87. The van der Waals surface area contributed by atoms with Crippen LogP contribution in [0.3, 0.4) is 0 Å². The number of epoxide rings is 1. The van der Waals surface area contributed by atoms with Crippen molar-refractivity contribution in [2.24, 2.45) is 11.8 Å². The molecule has 0 amide bonds. The van der Waals surface area contributed by atoms with Crippen LogP contribution in [0.2, 0.25) is 0 Å². The van der Waals surface area contributed by atoms with Crippen LogP contribution in [0, 0.1) is 11.8 Å². The minimum atomic E-state index is -1.45. The maximum absolute atomic E-state index is 12.9. The molecule has 52 heavy (non-hydrogen) atoms. The number of esters is 2. The summed E-state index contributed by atoms with van der Waals surface area (Å²) in [6, 6.07) is 7.55. The molecule has 2 aliphatic heterocycles. The van der Waals surface area contributed by atoms with Crippen LogP contribution in [-0.2, 0) is 39.9 Å². The average Bonchev–Trinajstić information content (AvgIpc) is 3.86. The predicted molar refractivity (Wildman–Crippen MR) is 200 cm³/mol. The van der Waals surface area contributed by atoms with E-state index in [0.717, 1.165) is 16.5 Å². The summed E-state index contributed by atoms with van der Waals surface area (Å²) in [5.74, 6) is -1.36. The smallest absolute Gasteiger partial charge is 0.309 e. The monoisotopic (exact) mass is 795 g/mol. The van der Waals surface area contributed by atoms with Gasteiger partial charge in [-0.1, -0.05) is 73.1 Å². The first-order valence-electron chi connectivity index (χ1n) is 17.7. The molecule has 0 radical (unpaired) electrons. The number of aliphatic hydroxyl groups is 3. The summed E-state index contributed by atoms with van der Waals surface area (Å²) >= 11 is 3.48. The van der Waals surface area contributed by atoms with E-state index < -0.39 is 47.5 Å². The topological polar surface area (TPSA) is 184 Å². The maximum atomic E-state index is 12.9. The Morgan fingerprint density at radius 3 is 2.42 bits per heavy atom. The molecule has 0 aromatic heterocycles. The van der Waals surface area contributed by atoms with E-state index >= 15 is 0 Å². The number of rotatable bonds is 13. The van der Waals surface area contributed by atoms with Gasteiger partial charge in [0.15, 0.2) is 0 Å². The van der Waals surface area contributed by atoms with E-state index in [1.807, 2.05) is 38.1 Å². The molecule has 0 saturated carbocycles. The first-order chi connectivity index (χ1) is 24.4. The Bertz CT molecular complexity index is 1370. The highest BCUT2D eigenvalue weighted by Crippen LogP contribution is 2.39. The van der Waals surface area contributed by atoms with Crippen molar-refractivity contribution < 1.29 is 53.8 Å². The number of halogens is 1. The van der Waals surface area contributed by atoms with Gasteiger partial charge >= 0.3 is 11.9 Å². The number of hydrogen-bond acceptors (Lipinski definition) is 11.